The molecule has 5 rings (SSSR count). The molecule has 1 N–H and O–H groups in total. The third kappa shape index (κ3) is 3.12. The van der Waals surface area contributed by atoms with Gasteiger partial charge in [-0.2, -0.15) is 0 Å². The van der Waals surface area contributed by atoms with Crippen LogP contribution in [0.15, 0.2) is 60.7 Å². The zero-order valence-electron chi connectivity index (χ0n) is 19.3. The van der Waals surface area contributed by atoms with Crippen LogP contribution in [-0.2, 0) is 5.41 Å². The number of pyridine rings is 1. The summed E-state index contributed by atoms with van der Waals surface area (Å²) in [6.45, 7) is 10.8. The first-order valence-corrected chi connectivity index (χ1v) is 11.3. The van der Waals surface area contributed by atoms with Crippen molar-refractivity contribution in [1.29, 1.82) is 0 Å². The largest absolute Gasteiger partial charge is 0.355 e. The number of nitrogens with one attached hydrogen (secondary N) is 1. The number of anilines is 2. The van der Waals surface area contributed by atoms with E-state index in [4.69, 9.17) is 4.98 Å². The van der Waals surface area contributed by atoms with E-state index < -0.39 is 0 Å². The standard InChI is InChI=1S/C29H28N2O/c1-6-29(4,5)19-11-13-20(14-12-19)31-24-15-17(2)27-25-23(16-18(3)30-27)21-9-7-8-10-22(21)28(32)26(24)25/h7-16,31H,6H2,1-5H3. The predicted octanol–water partition coefficient (Wildman–Crippen LogP) is 7.49. The van der Waals surface area contributed by atoms with E-state index in [1.165, 1.54) is 5.56 Å². The maximum atomic E-state index is 13.7. The van der Waals surface area contributed by atoms with Crippen molar-refractivity contribution in [2.45, 2.75) is 46.5 Å². The van der Waals surface area contributed by atoms with Crippen LogP contribution in [0.3, 0.4) is 0 Å². The Labute approximate surface area is 189 Å². The van der Waals surface area contributed by atoms with E-state index >= 15 is 0 Å². The maximum Gasteiger partial charge on any atom is 0.196 e. The number of aromatic nitrogens is 1. The van der Waals surface area contributed by atoms with Gasteiger partial charge in [0.05, 0.1) is 16.8 Å². The molecule has 1 aliphatic carbocycles. The fourth-order valence-electron chi connectivity index (χ4n) is 4.67. The summed E-state index contributed by atoms with van der Waals surface area (Å²) in [5.41, 5.74) is 9.73. The molecule has 1 heterocycles. The van der Waals surface area contributed by atoms with Crippen molar-refractivity contribution in [3.05, 3.63) is 88.6 Å². The predicted molar refractivity (Wildman–Crippen MR) is 133 cm³/mol. The lowest BCUT2D eigenvalue weighted by molar-refractivity contribution is 0.104. The number of rotatable bonds is 4. The fraction of sp³-hybridized carbons (Fsp3) is 0.241. The average molecular weight is 421 g/mol. The second kappa shape index (κ2) is 7.30. The molecule has 0 saturated carbocycles. The van der Waals surface area contributed by atoms with Gasteiger partial charge in [0.2, 0.25) is 0 Å². The lowest BCUT2D eigenvalue weighted by atomic mass is 9.82. The second-order valence-corrected chi connectivity index (χ2v) is 9.47. The summed E-state index contributed by atoms with van der Waals surface area (Å²) >= 11 is 0. The summed E-state index contributed by atoms with van der Waals surface area (Å²) < 4.78 is 0. The van der Waals surface area contributed by atoms with Crippen LogP contribution in [0.5, 0.6) is 0 Å². The summed E-state index contributed by atoms with van der Waals surface area (Å²) in [7, 11) is 0. The molecule has 0 unspecified atom stereocenters. The average Bonchev–Trinajstić information content (AvgIpc) is 2.79. The van der Waals surface area contributed by atoms with Gasteiger partial charge in [0.15, 0.2) is 5.78 Å². The van der Waals surface area contributed by atoms with Crippen molar-refractivity contribution >= 4 is 28.1 Å². The van der Waals surface area contributed by atoms with E-state index in [1.54, 1.807) is 0 Å². The van der Waals surface area contributed by atoms with Gasteiger partial charge < -0.3 is 5.32 Å². The molecule has 3 aromatic carbocycles. The molecule has 0 radical (unpaired) electrons. The Bertz CT molecular complexity index is 1380. The van der Waals surface area contributed by atoms with Crippen molar-refractivity contribution < 1.29 is 4.79 Å². The number of benzene rings is 3. The van der Waals surface area contributed by atoms with E-state index in [0.717, 1.165) is 56.6 Å². The summed E-state index contributed by atoms with van der Waals surface area (Å²) in [5, 5.41) is 4.49. The van der Waals surface area contributed by atoms with Crippen molar-refractivity contribution in [2.75, 3.05) is 5.32 Å². The quantitative estimate of drug-likeness (QED) is 0.327. The van der Waals surface area contributed by atoms with Gasteiger partial charge in [0, 0.05) is 22.3 Å². The molecule has 160 valence electrons. The van der Waals surface area contributed by atoms with Crippen molar-refractivity contribution in [3.63, 3.8) is 0 Å². The number of hydrogen-bond acceptors (Lipinski definition) is 3. The van der Waals surface area contributed by atoms with Gasteiger partial charge in [0.25, 0.3) is 0 Å². The number of nitrogens with zero attached hydrogens (tertiary/aromatic N) is 1. The molecule has 3 nitrogen and oxygen atoms in total. The SMILES string of the molecule is CCC(C)(C)c1ccc(Nc2cc(C)c3nc(C)cc4c3c2C(=O)c2ccccc2-4)cc1. The highest BCUT2D eigenvalue weighted by Gasteiger charge is 2.29. The summed E-state index contributed by atoms with van der Waals surface area (Å²) in [5.74, 6) is 0.0509. The van der Waals surface area contributed by atoms with Crippen LogP contribution >= 0.6 is 0 Å². The number of hydrogen-bond donors (Lipinski definition) is 1. The van der Waals surface area contributed by atoms with E-state index in [0.29, 0.717) is 5.56 Å². The van der Waals surface area contributed by atoms with Crippen LogP contribution in [0.4, 0.5) is 11.4 Å². The Morgan fingerprint density at radius 3 is 2.28 bits per heavy atom. The van der Waals surface area contributed by atoms with Gasteiger partial charge in [-0.25, -0.2) is 0 Å². The third-order valence-electron chi connectivity index (χ3n) is 6.92. The van der Waals surface area contributed by atoms with Crippen LogP contribution in [0.1, 0.15) is 59.9 Å². The summed E-state index contributed by atoms with van der Waals surface area (Å²) in [6, 6.07) is 20.6. The fourth-order valence-corrected chi connectivity index (χ4v) is 4.67. The highest BCUT2D eigenvalue weighted by Crippen LogP contribution is 2.43. The molecule has 0 aliphatic heterocycles. The number of carbonyl (C=O) groups is 1. The highest BCUT2D eigenvalue weighted by atomic mass is 16.1. The van der Waals surface area contributed by atoms with Crippen LogP contribution in [0.25, 0.3) is 22.0 Å². The molecule has 1 aromatic heterocycles. The Kier molecular flexibility index (Phi) is 4.67. The monoisotopic (exact) mass is 420 g/mol. The van der Waals surface area contributed by atoms with Crippen LogP contribution in [0, 0.1) is 13.8 Å². The van der Waals surface area contributed by atoms with Gasteiger partial charge in [-0.15, -0.1) is 0 Å². The Morgan fingerprint density at radius 1 is 0.906 bits per heavy atom. The van der Waals surface area contributed by atoms with Crippen LogP contribution in [-0.4, -0.2) is 10.8 Å². The van der Waals surface area contributed by atoms with E-state index in [9.17, 15) is 4.79 Å². The van der Waals surface area contributed by atoms with E-state index in [2.05, 4.69) is 69.4 Å². The normalized spacial score (nSPS) is 12.7. The van der Waals surface area contributed by atoms with Gasteiger partial charge in [0.1, 0.15) is 0 Å². The number of fused-ring (bicyclic) bond motifs is 2. The molecular formula is C29H28N2O. The first-order chi connectivity index (χ1) is 15.3. The minimum atomic E-state index is 0.0509. The first kappa shape index (κ1) is 20.4. The van der Waals surface area contributed by atoms with Crippen molar-refractivity contribution in [2.24, 2.45) is 0 Å². The second-order valence-electron chi connectivity index (χ2n) is 9.47. The molecule has 3 heteroatoms. The van der Waals surface area contributed by atoms with E-state index in [-0.39, 0.29) is 11.2 Å². The highest BCUT2D eigenvalue weighted by molar-refractivity contribution is 6.28. The molecule has 0 saturated heterocycles. The minimum Gasteiger partial charge on any atom is -0.355 e. The Morgan fingerprint density at radius 2 is 1.59 bits per heavy atom. The Balaban J connectivity index is 1.69. The zero-order chi connectivity index (χ0) is 22.6. The van der Waals surface area contributed by atoms with Crippen molar-refractivity contribution in [3.8, 4) is 11.1 Å². The lowest BCUT2D eigenvalue weighted by Crippen LogP contribution is -2.15. The lowest BCUT2D eigenvalue weighted by Gasteiger charge is -2.25. The van der Waals surface area contributed by atoms with Gasteiger partial charge >= 0.3 is 0 Å². The third-order valence-corrected chi connectivity index (χ3v) is 6.92. The molecule has 0 spiro atoms. The number of aryl methyl sites for hydroxylation is 2. The zero-order valence-corrected chi connectivity index (χ0v) is 19.3. The molecule has 0 amide bonds. The van der Waals surface area contributed by atoms with Crippen LogP contribution < -0.4 is 5.32 Å². The summed E-state index contributed by atoms with van der Waals surface area (Å²) in [4.78, 5) is 18.5. The topological polar surface area (TPSA) is 42.0 Å². The molecule has 0 atom stereocenters. The van der Waals surface area contributed by atoms with Crippen LogP contribution in [0.2, 0.25) is 0 Å². The molecule has 0 fully saturated rings. The molecule has 32 heavy (non-hydrogen) atoms. The molecular weight excluding hydrogens is 392 g/mol. The number of ketones is 1. The maximum absolute atomic E-state index is 13.7. The van der Waals surface area contributed by atoms with Crippen molar-refractivity contribution in [1.82, 2.24) is 4.98 Å². The number of carbonyl (C=O) groups excluding carboxylic acids is 1. The van der Waals surface area contributed by atoms with Gasteiger partial charge in [-0.3, -0.25) is 9.78 Å². The molecule has 4 aromatic rings. The molecule has 0 bridgehead atoms. The molecule has 1 aliphatic rings. The minimum absolute atomic E-state index is 0.0509. The van der Waals surface area contributed by atoms with E-state index in [1.807, 2.05) is 31.2 Å². The van der Waals surface area contributed by atoms with Gasteiger partial charge in [-0.1, -0.05) is 57.2 Å². The Hall–Kier alpha value is -3.46. The first-order valence-electron chi connectivity index (χ1n) is 11.3. The van der Waals surface area contributed by atoms with Gasteiger partial charge in [-0.05, 0) is 72.2 Å². The smallest absolute Gasteiger partial charge is 0.196 e. The summed E-state index contributed by atoms with van der Waals surface area (Å²) in [6.07, 6.45) is 1.08.